The minimum Gasteiger partial charge on any atom is -0.290 e. The molecule has 0 aliphatic heterocycles. The van der Waals surface area contributed by atoms with E-state index in [4.69, 9.17) is 0 Å². The molecule has 2 heteroatoms. The molecule has 0 atom stereocenters. The van der Waals surface area contributed by atoms with E-state index in [0.29, 0.717) is 5.56 Å². The van der Waals surface area contributed by atoms with Gasteiger partial charge in [-0.2, -0.15) is 0 Å². The molecule has 0 heterocycles. The van der Waals surface area contributed by atoms with Crippen molar-refractivity contribution in [2.75, 3.05) is 0 Å². The highest BCUT2D eigenvalue weighted by Gasteiger charge is 2.13. The van der Waals surface area contributed by atoms with Crippen molar-refractivity contribution in [2.45, 2.75) is 13.3 Å². The van der Waals surface area contributed by atoms with E-state index in [0.717, 1.165) is 10.8 Å². The first-order chi connectivity index (χ1) is 7.72. The van der Waals surface area contributed by atoms with E-state index in [9.17, 15) is 9.59 Å². The Labute approximate surface area is 93.9 Å². The molecular weight excluding hydrogens is 200 g/mol. The van der Waals surface area contributed by atoms with Gasteiger partial charge in [-0.3, -0.25) is 9.59 Å². The lowest BCUT2D eigenvalue weighted by atomic mass is 10.0. The molecule has 2 nitrogen and oxygen atoms in total. The van der Waals surface area contributed by atoms with Crippen molar-refractivity contribution in [3.8, 4) is 0 Å². The van der Waals surface area contributed by atoms with Crippen LogP contribution in [0.4, 0.5) is 0 Å². The standard InChI is InChI=1S/C14H12O2/c1-2-13(15)14(16)12-8-7-10-5-3-4-6-11(10)9-12/h3-9H,2H2,1H3. The summed E-state index contributed by atoms with van der Waals surface area (Å²) in [4.78, 5) is 23.0. The van der Waals surface area contributed by atoms with Gasteiger partial charge in [0.2, 0.25) is 11.6 Å². The molecule has 0 bridgehead atoms. The molecule has 80 valence electrons. The second-order valence-corrected chi connectivity index (χ2v) is 3.67. The Kier molecular flexibility index (Phi) is 2.82. The fourth-order valence-corrected chi connectivity index (χ4v) is 1.65. The summed E-state index contributed by atoms with van der Waals surface area (Å²) in [5.74, 6) is -0.733. The van der Waals surface area contributed by atoms with Crippen LogP contribution in [-0.4, -0.2) is 11.6 Å². The first kappa shape index (κ1) is 10.6. The lowest BCUT2D eigenvalue weighted by molar-refractivity contribution is -0.114. The quantitative estimate of drug-likeness (QED) is 0.579. The van der Waals surface area contributed by atoms with Crippen LogP contribution in [0.25, 0.3) is 10.8 Å². The summed E-state index contributed by atoms with van der Waals surface area (Å²) in [6.07, 6.45) is 0.256. The topological polar surface area (TPSA) is 34.1 Å². The third kappa shape index (κ3) is 1.87. The molecule has 0 saturated heterocycles. The number of benzene rings is 2. The molecule has 2 aromatic rings. The van der Waals surface area contributed by atoms with Crippen molar-refractivity contribution in [1.82, 2.24) is 0 Å². The van der Waals surface area contributed by atoms with Crippen LogP contribution in [-0.2, 0) is 4.79 Å². The number of carbonyl (C=O) groups excluding carboxylic acids is 2. The van der Waals surface area contributed by atoms with E-state index in [1.165, 1.54) is 0 Å². The number of Topliss-reactive ketones (excluding diaryl/α,β-unsaturated/α-hetero) is 2. The fraction of sp³-hybridized carbons (Fsp3) is 0.143. The Morgan fingerprint density at radius 2 is 1.69 bits per heavy atom. The van der Waals surface area contributed by atoms with Crippen molar-refractivity contribution < 1.29 is 9.59 Å². The van der Waals surface area contributed by atoms with Gasteiger partial charge in [-0.25, -0.2) is 0 Å². The van der Waals surface area contributed by atoms with Crippen LogP contribution in [0.3, 0.4) is 0 Å². The Morgan fingerprint density at radius 3 is 2.38 bits per heavy atom. The number of carbonyl (C=O) groups is 2. The highest BCUT2D eigenvalue weighted by Crippen LogP contribution is 2.16. The third-order valence-electron chi connectivity index (χ3n) is 2.59. The highest BCUT2D eigenvalue weighted by molar-refractivity contribution is 6.43. The predicted octanol–water partition coefficient (Wildman–Crippen LogP) is 3.00. The SMILES string of the molecule is CCC(=O)C(=O)c1ccc2ccccc2c1. The third-order valence-corrected chi connectivity index (χ3v) is 2.59. The monoisotopic (exact) mass is 212 g/mol. The van der Waals surface area contributed by atoms with E-state index in [2.05, 4.69) is 0 Å². The zero-order valence-corrected chi connectivity index (χ0v) is 9.07. The Hall–Kier alpha value is -1.96. The number of fused-ring (bicyclic) bond motifs is 1. The molecular formula is C14H12O2. The van der Waals surface area contributed by atoms with Crippen LogP contribution in [0.2, 0.25) is 0 Å². The van der Waals surface area contributed by atoms with E-state index in [1.54, 1.807) is 19.1 Å². The Morgan fingerprint density at radius 1 is 1.00 bits per heavy atom. The van der Waals surface area contributed by atoms with Gasteiger partial charge >= 0.3 is 0 Å². The first-order valence-corrected chi connectivity index (χ1v) is 5.28. The molecule has 0 unspecified atom stereocenters. The number of hydrogen-bond acceptors (Lipinski definition) is 2. The summed E-state index contributed by atoms with van der Waals surface area (Å²) in [6.45, 7) is 1.70. The molecule has 0 radical (unpaired) electrons. The minimum absolute atomic E-state index is 0.256. The molecule has 2 rings (SSSR count). The highest BCUT2D eigenvalue weighted by atomic mass is 16.2. The largest absolute Gasteiger partial charge is 0.290 e. The molecule has 16 heavy (non-hydrogen) atoms. The number of hydrogen-bond donors (Lipinski definition) is 0. The van der Waals surface area contributed by atoms with E-state index in [1.807, 2.05) is 30.3 Å². The van der Waals surface area contributed by atoms with Crippen LogP contribution >= 0.6 is 0 Å². The zero-order valence-electron chi connectivity index (χ0n) is 9.07. The maximum Gasteiger partial charge on any atom is 0.228 e. The smallest absolute Gasteiger partial charge is 0.228 e. The lowest BCUT2D eigenvalue weighted by Crippen LogP contribution is -2.12. The average molecular weight is 212 g/mol. The molecule has 0 aliphatic rings. The van der Waals surface area contributed by atoms with Crippen LogP contribution in [0.1, 0.15) is 23.7 Å². The van der Waals surface area contributed by atoms with Gasteiger partial charge < -0.3 is 0 Å². The van der Waals surface area contributed by atoms with Crippen molar-refractivity contribution in [1.29, 1.82) is 0 Å². The van der Waals surface area contributed by atoms with E-state index in [-0.39, 0.29) is 12.2 Å². The normalized spacial score (nSPS) is 10.3. The Bertz CT molecular complexity index is 555. The van der Waals surface area contributed by atoms with Crippen molar-refractivity contribution in [2.24, 2.45) is 0 Å². The van der Waals surface area contributed by atoms with Gasteiger partial charge in [0.1, 0.15) is 0 Å². The predicted molar refractivity (Wildman–Crippen MR) is 63.6 cm³/mol. The second kappa shape index (κ2) is 4.27. The molecule has 0 saturated carbocycles. The lowest BCUT2D eigenvalue weighted by Gasteiger charge is -2.01. The van der Waals surface area contributed by atoms with Gasteiger partial charge in [0.15, 0.2) is 0 Å². The summed E-state index contributed by atoms with van der Waals surface area (Å²) in [5, 5.41) is 2.06. The molecule has 0 amide bonds. The first-order valence-electron chi connectivity index (χ1n) is 5.28. The average Bonchev–Trinajstić information content (AvgIpc) is 2.36. The number of ketones is 2. The summed E-state index contributed by atoms with van der Waals surface area (Å²) in [6, 6.07) is 13.1. The van der Waals surface area contributed by atoms with Gasteiger partial charge in [0, 0.05) is 12.0 Å². The molecule has 2 aromatic carbocycles. The van der Waals surface area contributed by atoms with Gasteiger partial charge in [-0.05, 0) is 16.8 Å². The second-order valence-electron chi connectivity index (χ2n) is 3.67. The van der Waals surface area contributed by atoms with E-state index >= 15 is 0 Å². The van der Waals surface area contributed by atoms with Crippen molar-refractivity contribution in [3.05, 3.63) is 48.0 Å². The van der Waals surface area contributed by atoms with E-state index < -0.39 is 5.78 Å². The molecule has 0 fully saturated rings. The molecule has 0 spiro atoms. The van der Waals surface area contributed by atoms with Gasteiger partial charge in [-0.1, -0.05) is 43.3 Å². The summed E-state index contributed by atoms with van der Waals surface area (Å²) < 4.78 is 0. The maximum atomic E-state index is 11.7. The van der Waals surface area contributed by atoms with Crippen molar-refractivity contribution in [3.63, 3.8) is 0 Å². The summed E-state index contributed by atoms with van der Waals surface area (Å²) >= 11 is 0. The molecule has 0 aliphatic carbocycles. The van der Waals surface area contributed by atoms with Gasteiger partial charge in [-0.15, -0.1) is 0 Å². The fourth-order valence-electron chi connectivity index (χ4n) is 1.65. The number of rotatable bonds is 3. The summed E-state index contributed by atoms with van der Waals surface area (Å²) in [5.41, 5.74) is 0.477. The van der Waals surface area contributed by atoms with Crippen molar-refractivity contribution >= 4 is 22.3 Å². The molecule has 0 aromatic heterocycles. The van der Waals surface area contributed by atoms with Crippen LogP contribution in [0.15, 0.2) is 42.5 Å². The Balaban J connectivity index is 2.47. The summed E-state index contributed by atoms with van der Waals surface area (Å²) in [7, 11) is 0. The van der Waals surface area contributed by atoms with Crippen LogP contribution in [0, 0.1) is 0 Å². The van der Waals surface area contributed by atoms with Crippen LogP contribution < -0.4 is 0 Å². The van der Waals surface area contributed by atoms with Gasteiger partial charge in [0.05, 0.1) is 0 Å². The molecule has 0 N–H and O–H groups in total. The maximum absolute atomic E-state index is 11.7. The minimum atomic E-state index is -0.395. The zero-order chi connectivity index (χ0) is 11.5. The van der Waals surface area contributed by atoms with Crippen LogP contribution in [0.5, 0.6) is 0 Å². The van der Waals surface area contributed by atoms with Gasteiger partial charge in [0.25, 0.3) is 0 Å².